The van der Waals surface area contributed by atoms with E-state index in [1.54, 1.807) is 4.90 Å². The predicted octanol–water partition coefficient (Wildman–Crippen LogP) is 0.0147. The molecule has 20 heavy (non-hydrogen) atoms. The van der Waals surface area contributed by atoms with Crippen LogP contribution < -0.4 is 10.6 Å². The lowest BCUT2D eigenvalue weighted by molar-refractivity contribution is -0.0181. The van der Waals surface area contributed by atoms with Crippen LogP contribution in [-0.4, -0.2) is 66.9 Å². The summed E-state index contributed by atoms with van der Waals surface area (Å²) in [5.74, 6) is 0.0663. The summed E-state index contributed by atoms with van der Waals surface area (Å²) in [6, 6.07) is -0.315. The Bertz CT molecular complexity index is 479. The summed E-state index contributed by atoms with van der Waals surface area (Å²) in [4.78, 5) is 20.8. The monoisotopic (exact) mass is 300 g/mol. The second-order valence-corrected chi connectivity index (χ2v) is 5.61. The molecule has 1 aromatic heterocycles. The number of carbonyl (C=O) groups excluding carboxylic acids is 1. The molecular weight excluding hydrogens is 280 g/mol. The number of carbonyl (C=O) groups is 1. The number of aliphatic hydroxyl groups excluding tert-OH is 1. The maximum atomic E-state index is 12.5. The zero-order valence-electron chi connectivity index (χ0n) is 11.7. The van der Waals surface area contributed by atoms with Crippen molar-refractivity contribution in [2.24, 2.45) is 0 Å². The van der Waals surface area contributed by atoms with E-state index in [9.17, 15) is 9.90 Å². The third-order valence-corrected chi connectivity index (χ3v) is 4.51. The summed E-state index contributed by atoms with van der Waals surface area (Å²) < 4.78 is 5.27. The number of thiazole rings is 1. The fraction of sp³-hybridized carbons (Fsp3) is 0.667. The standard InChI is InChI=1S/C12H20N4O3S/c1-3-15(2)12-14-10(13)9(20-12)11(18)16-4-5-19-7-8(16)6-17/h8,17H,3-7,13H2,1-2H3. The Labute approximate surface area is 121 Å². The highest BCUT2D eigenvalue weighted by Crippen LogP contribution is 2.29. The molecule has 1 aliphatic rings. The van der Waals surface area contributed by atoms with Gasteiger partial charge in [-0.3, -0.25) is 4.79 Å². The maximum Gasteiger partial charge on any atom is 0.268 e. The van der Waals surface area contributed by atoms with Crippen molar-refractivity contribution in [3.8, 4) is 0 Å². The molecule has 1 amide bonds. The quantitative estimate of drug-likeness (QED) is 0.814. The number of rotatable bonds is 4. The molecule has 1 aromatic rings. The second-order valence-electron chi connectivity index (χ2n) is 4.63. The maximum absolute atomic E-state index is 12.5. The molecule has 0 radical (unpaired) electrons. The highest BCUT2D eigenvalue weighted by Gasteiger charge is 2.30. The number of hydrogen-bond acceptors (Lipinski definition) is 7. The van der Waals surface area contributed by atoms with Crippen LogP contribution in [0.5, 0.6) is 0 Å². The van der Waals surface area contributed by atoms with Crippen molar-refractivity contribution in [1.82, 2.24) is 9.88 Å². The summed E-state index contributed by atoms with van der Waals surface area (Å²) in [6.07, 6.45) is 0. The number of nitrogen functional groups attached to an aromatic ring is 1. The van der Waals surface area contributed by atoms with Gasteiger partial charge in [-0.1, -0.05) is 11.3 Å². The van der Waals surface area contributed by atoms with Crippen LogP contribution in [0.15, 0.2) is 0 Å². The molecule has 112 valence electrons. The Balaban J connectivity index is 2.21. The van der Waals surface area contributed by atoms with Crippen molar-refractivity contribution >= 4 is 28.2 Å². The average Bonchev–Trinajstić information content (AvgIpc) is 2.87. The van der Waals surface area contributed by atoms with Gasteiger partial charge in [-0.05, 0) is 6.92 Å². The van der Waals surface area contributed by atoms with Gasteiger partial charge in [-0.2, -0.15) is 0 Å². The highest BCUT2D eigenvalue weighted by molar-refractivity contribution is 7.18. The number of nitrogens with zero attached hydrogens (tertiary/aromatic N) is 3. The first-order valence-corrected chi connectivity index (χ1v) is 7.37. The van der Waals surface area contributed by atoms with Crippen molar-refractivity contribution in [2.75, 3.05) is 50.6 Å². The van der Waals surface area contributed by atoms with E-state index >= 15 is 0 Å². The van der Waals surface area contributed by atoms with Gasteiger partial charge in [0.1, 0.15) is 10.7 Å². The number of nitrogens with two attached hydrogens (primary N) is 1. The molecule has 1 unspecified atom stereocenters. The Morgan fingerprint density at radius 3 is 3.10 bits per heavy atom. The van der Waals surface area contributed by atoms with Gasteiger partial charge in [0, 0.05) is 20.1 Å². The van der Waals surface area contributed by atoms with Gasteiger partial charge >= 0.3 is 0 Å². The van der Waals surface area contributed by atoms with Crippen LogP contribution in [-0.2, 0) is 4.74 Å². The Morgan fingerprint density at radius 2 is 2.45 bits per heavy atom. The third-order valence-electron chi connectivity index (χ3n) is 3.34. The summed E-state index contributed by atoms with van der Waals surface area (Å²) >= 11 is 1.28. The average molecular weight is 300 g/mol. The molecule has 1 aliphatic heterocycles. The van der Waals surface area contributed by atoms with E-state index in [1.807, 2.05) is 18.9 Å². The van der Waals surface area contributed by atoms with Crippen molar-refractivity contribution in [1.29, 1.82) is 0 Å². The van der Waals surface area contributed by atoms with E-state index in [2.05, 4.69) is 4.98 Å². The lowest BCUT2D eigenvalue weighted by Gasteiger charge is -2.34. The minimum atomic E-state index is -0.315. The first kappa shape index (κ1) is 15.0. The molecule has 2 rings (SSSR count). The number of aliphatic hydroxyl groups is 1. The summed E-state index contributed by atoms with van der Waals surface area (Å²) in [5.41, 5.74) is 5.86. The first-order chi connectivity index (χ1) is 9.58. The second kappa shape index (κ2) is 6.38. The largest absolute Gasteiger partial charge is 0.394 e. The molecule has 0 aromatic carbocycles. The fourth-order valence-electron chi connectivity index (χ4n) is 1.98. The van der Waals surface area contributed by atoms with Crippen LogP contribution in [0.25, 0.3) is 0 Å². The molecule has 1 atom stereocenters. The van der Waals surface area contributed by atoms with Crippen LogP contribution in [0.4, 0.5) is 10.9 Å². The molecule has 1 fully saturated rings. The molecule has 1 saturated heterocycles. The van der Waals surface area contributed by atoms with Crippen molar-refractivity contribution < 1.29 is 14.6 Å². The van der Waals surface area contributed by atoms with Crippen LogP contribution >= 0.6 is 11.3 Å². The molecule has 7 nitrogen and oxygen atoms in total. The van der Waals surface area contributed by atoms with Gasteiger partial charge in [0.25, 0.3) is 5.91 Å². The van der Waals surface area contributed by atoms with Gasteiger partial charge in [-0.15, -0.1) is 0 Å². The molecule has 0 spiro atoms. The topological polar surface area (TPSA) is 91.9 Å². The summed E-state index contributed by atoms with van der Waals surface area (Å²) in [5, 5.41) is 10.1. The van der Waals surface area contributed by atoms with Gasteiger partial charge in [0.15, 0.2) is 5.13 Å². The van der Waals surface area contributed by atoms with Crippen molar-refractivity contribution in [3.05, 3.63) is 4.88 Å². The molecule has 0 bridgehead atoms. The summed E-state index contributed by atoms with van der Waals surface area (Å²) in [6.45, 7) is 3.96. The van der Waals surface area contributed by atoms with Crippen LogP contribution in [0.1, 0.15) is 16.6 Å². The normalized spacial score (nSPS) is 19.1. The minimum absolute atomic E-state index is 0.119. The molecule has 0 saturated carbocycles. The van der Waals surface area contributed by atoms with Gasteiger partial charge in [0.05, 0.1) is 25.9 Å². The predicted molar refractivity (Wildman–Crippen MR) is 78.2 cm³/mol. The molecule has 8 heteroatoms. The van der Waals surface area contributed by atoms with Crippen LogP contribution in [0.3, 0.4) is 0 Å². The smallest absolute Gasteiger partial charge is 0.268 e. The van der Waals surface area contributed by atoms with Crippen molar-refractivity contribution in [3.63, 3.8) is 0 Å². The number of aromatic nitrogens is 1. The number of morpholine rings is 1. The number of hydrogen-bond donors (Lipinski definition) is 2. The van der Waals surface area contributed by atoms with E-state index in [4.69, 9.17) is 10.5 Å². The van der Waals surface area contributed by atoms with E-state index in [-0.39, 0.29) is 24.4 Å². The number of anilines is 2. The van der Waals surface area contributed by atoms with Gasteiger partial charge in [0.2, 0.25) is 0 Å². The summed E-state index contributed by atoms with van der Waals surface area (Å²) in [7, 11) is 1.90. The van der Waals surface area contributed by atoms with E-state index < -0.39 is 0 Å². The van der Waals surface area contributed by atoms with Gasteiger partial charge in [-0.25, -0.2) is 4.98 Å². The molecule has 3 N–H and O–H groups in total. The SMILES string of the molecule is CCN(C)c1nc(N)c(C(=O)N2CCOCC2CO)s1. The Hall–Kier alpha value is -1.38. The van der Waals surface area contributed by atoms with E-state index in [0.717, 1.165) is 11.7 Å². The first-order valence-electron chi connectivity index (χ1n) is 6.55. The van der Waals surface area contributed by atoms with Crippen molar-refractivity contribution in [2.45, 2.75) is 13.0 Å². The lowest BCUT2D eigenvalue weighted by Crippen LogP contribution is -2.50. The van der Waals surface area contributed by atoms with E-state index in [1.165, 1.54) is 11.3 Å². The van der Waals surface area contributed by atoms with Gasteiger partial charge < -0.3 is 25.4 Å². The number of amides is 1. The zero-order chi connectivity index (χ0) is 14.7. The number of ether oxygens (including phenoxy) is 1. The van der Waals surface area contributed by atoms with Crippen LogP contribution in [0.2, 0.25) is 0 Å². The Morgan fingerprint density at radius 1 is 1.70 bits per heavy atom. The zero-order valence-corrected chi connectivity index (χ0v) is 12.5. The van der Waals surface area contributed by atoms with Crippen LogP contribution in [0, 0.1) is 0 Å². The highest BCUT2D eigenvalue weighted by atomic mass is 32.1. The molecule has 0 aliphatic carbocycles. The third kappa shape index (κ3) is 2.87. The fourth-order valence-corrected chi connectivity index (χ4v) is 2.94. The minimum Gasteiger partial charge on any atom is -0.394 e. The Kier molecular flexibility index (Phi) is 4.79. The molecule has 2 heterocycles. The lowest BCUT2D eigenvalue weighted by atomic mass is 10.2. The van der Waals surface area contributed by atoms with E-state index in [0.29, 0.717) is 24.6 Å². The molecular formula is C12H20N4O3S.